The number of rotatable bonds is 3. The third-order valence-corrected chi connectivity index (χ3v) is 2.31. The summed E-state index contributed by atoms with van der Waals surface area (Å²) in [6.07, 6.45) is 0. The summed E-state index contributed by atoms with van der Waals surface area (Å²) in [5.41, 5.74) is -5.31. The molecule has 0 aliphatic heterocycles. The molecule has 0 bridgehead atoms. The number of sulfonamides is 1. The first-order valence-electron chi connectivity index (χ1n) is 4.41. The number of primary sulfonamides is 1. The Kier molecular flexibility index (Phi) is 7.99. The molecular formula is C7H17F3N2O2S. The Labute approximate surface area is 88.3 Å². The zero-order chi connectivity index (χ0) is 12.7. The van der Waals surface area contributed by atoms with Crippen molar-refractivity contribution in [1.29, 1.82) is 0 Å². The van der Waals surface area contributed by atoms with Gasteiger partial charge >= 0.3 is 15.5 Å². The van der Waals surface area contributed by atoms with Crippen LogP contribution >= 0.6 is 0 Å². The third kappa shape index (κ3) is 8.64. The summed E-state index contributed by atoms with van der Waals surface area (Å²) in [6, 6.07) is 0. The van der Waals surface area contributed by atoms with E-state index in [9.17, 15) is 21.6 Å². The Balaban J connectivity index is 0. The monoisotopic (exact) mass is 250 g/mol. The van der Waals surface area contributed by atoms with Crippen LogP contribution in [0.4, 0.5) is 13.2 Å². The van der Waals surface area contributed by atoms with Gasteiger partial charge < -0.3 is 4.90 Å². The van der Waals surface area contributed by atoms with E-state index in [4.69, 9.17) is 0 Å². The topological polar surface area (TPSA) is 63.4 Å². The second-order valence-corrected chi connectivity index (χ2v) is 4.16. The molecule has 0 unspecified atom stereocenters. The van der Waals surface area contributed by atoms with Gasteiger partial charge in [-0.2, -0.15) is 13.2 Å². The molecule has 0 aromatic rings. The minimum Gasteiger partial charge on any atom is -0.304 e. The predicted octanol–water partition coefficient (Wildman–Crippen LogP) is 1.14. The average Bonchev–Trinajstić information content (AvgIpc) is 2.05. The van der Waals surface area contributed by atoms with E-state index in [2.05, 4.69) is 30.8 Å². The number of hydrogen-bond acceptors (Lipinski definition) is 3. The SMILES string of the molecule is CCN(CC)CC.NS(=O)(=O)C(F)(F)F. The van der Waals surface area contributed by atoms with Crippen LogP contribution in [0.3, 0.4) is 0 Å². The molecule has 4 nitrogen and oxygen atoms in total. The van der Waals surface area contributed by atoms with E-state index in [1.807, 2.05) is 0 Å². The molecule has 0 fully saturated rings. The Morgan fingerprint density at radius 3 is 1.27 bits per heavy atom. The lowest BCUT2D eigenvalue weighted by Gasteiger charge is -2.13. The zero-order valence-electron chi connectivity index (χ0n) is 9.00. The summed E-state index contributed by atoms with van der Waals surface area (Å²) in [7, 11) is -5.34. The second kappa shape index (κ2) is 7.02. The van der Waals surface area contributed by atoms with Crippen LogP contribution in [0.2, 0.25) is 0 Å². The van der Waals surface area contributed by atoms with Crippen molar-refractivity contribution < 1.29 is 21.6 Å². The first kappa shape index (κ1) is 17.1. The van der Waals surface area contributed by atoms with Crippen molar-refractivity contribution in [3.63, 3.8) is 0 Å². The smallest absolute Gasteiger partial charge is 0.304 e. The Hall–Kier alpha value is -0.340. The highest BCUT2D eigenvalue weighted by Gasteiger charge is 2.42. The molecular weight excluding hydrogens is 233 g/mol. The molecule has 0 radical (unpaired) electrons. The van der Waals surface area contributed by atoms with Gasteiger partial charge in [0.2, 0.25) is 0 Å². The second-order valence-electron chi connectivity index (χ2n) is 2.61. The Bertz CT molecular complexity index is 242. The molecule has 0 amide bonds. The number of alkyl halides is 3. The molecule has 94 valence electrons. The first-order chi connectivity index (χ1) is 6.60. The molecule has 0 saturated carbocycles. The van der Waals surface area contributed by atoms with E-state index < -0.39 is 15.5 Å². The summed E-state index contributed by atoms with van der Waals surface area (Å²) in [5, 5.41) is 3.66. The molecule has 0 aromatic heterocycles. The maximum Gasteiger partial charge on any atom is 0.511 e. The van der Waals surface area contributed by atoms with Crippen molar-refractivity contribution in [3.05, 3.63) is 0 Å². The van der Waals surface area contributed by atoms with Gasteiger partial charge in [-0.05, 0) is 19.6 Å². The standard InChI is InChI=1S/C6H15N.CH2F3NO2S/c1-4-7(5-2)6-3;2-1(3,4)8(5,6)7/h4-6H2,1-3H3;(H2,5,6,7). The average molecular weight is 250 g/mol. The molecule has 0 heterocycles. The van der Waals surface area contributed by atoms with E-state index in [-0.39, 0.29) is 0 Å². The van der Waals surface area contributed by atoms with Crippen LogP contribution < -0.4 is 5.14 Å². The predicted molar refractivity (Wildman–Crippen MR) is 52.6 cm³/mol. The molecule has 0 aliphatic rings. The van der Waals surface area contributed by atoms with Gasteiger partial charge in [-0.1, -0.05) is 20.8 Å². The van der Waals surface area contributed by atoms with Crippen molar-refractivity contribution in [2.24, 2.45) is 5.14 Å². The number of nitrogens with two attached hydrogens (primary N) is 1. The zero-order valence-corrected chi connectivity index (χ0v) is 9.82. The minimum absolute atomic E-state index is 1.19. The van der Waals surface area contributed by atoms with Gasteiger partial charge in [0.15, 0.2) is 0 Å². The van der Waals surface area contributed by atoms with E-state index in [1.54, 1.807) is 0 Å². The minimum atomic E-state index is -5.34. The van der Waals surface area contributed by atoms with E-state index >= 15 is 0 Å². The fraction of sp³-hybridized carbons (Fsp3) is 1.00. The van der Waals surface area contributed by atoms with Gasteiger partial charge in [0.1, 0.15) is 0 Å². The van der Waals surface area contributed by atoms with Crippen molar-refractivity contribution in [3.8, 4) is 0 Å². The number of nitrogens with zero attached hydrogens (tertiary/aromatic N) is 1. The van der Waals surface area contributed by atoms with Crippen LogP contribution in [-0.4, -0.2) is 38.5 Å². The van der Waals surface area contributed by atoms with Crippen LogP contribution in [0.1, 0.15) is 20.8 Å². The van der Waals surface area contributed by atoms with Crippen LogP contribution in [0.15, 0.2) is 0 Å². The van der Waals surface area contributed by atoms with Crippen LogP contribution in [-0.2, 0) is 10.0 Å². The van der Waals surface area contributed by atoms with Gasteiger partial charge in [-0.25, -0.2) is 13.6 Å². The molecule has 0 atom stereocenters. The van der Waals surface area contributed by atoms with Gasteiger partial charge in [0.05, 0.1) is 0 Å². The summed E-state index contributed by atoms with van der Waals surface area (Å²) in [6.45, 7) is 10.1. The van der Waals surface area contributed by atoms with Gasteiger partial charge in [0, 0.05) is 0 Å². The van der Waals surface area contributed by atoms with Crippen molar-refractivity contribution in [2.45, 2.75) is 26.3 Å². The lowest BCUT2D eigenvalue weighted by atomic mass is 10.5. The Morgan fingerprint density at radius 1 is 1.07 bits per heavy atom. The molecule has 0 aliphatic carbocycles. The van der Waals surface area contributed by atoms with Gasteiger partial charge in [-0.3, -0.25) is 0 Å². The van der Waals surface area contributed by atoms with E-state index in [0.717, 1.165) is 0 Å². The summed E-state index contributed by atoms with van der Waals surface area (Å²) < 4.78 is 51.2. The van der Waals surface area contributed by atoms with Crippen molar-refractivity contribution in [2.75, 3.05) is 19.6 Å². The maximum absolute atomic E-state index is 10.8. The lowest BCUT2D eigenvalue weighted by molar-refractivity contribution is -0.0436. The highest BCUT2D eigenvalue weighted by atomic mass is 32.2. The fourth-order valence-corrected chi connectivity index (χ4v) is 0.671. The number of halogens is 3. The van der Waals surface area contributed by atoms with E-state index in [1.165, 1.54) is 19.6 Å². The quantitative estimate of drug-likeness (QED) is 0.817. The van der Waals surface area contributed by atoms with Gasteiger partial charge in [-0.15, -0.1) is 0 Å². The molecule has 2 N–H and O–H groups in total. The van der Waals surface area contributed by atoms with Crippen LogP contribution in [0.5, 0.6) is 0 Å². The van der Waals surface area contributed by atoms with Gasteiger partial charge in [0.25, 0.3) is 0 Å². The molecule has 0 aromatic carbocycles. The fourth-order valence-electron chi connectivity index (χ4n) is 0.671. The molecule has 15 heavy (non-hydrogen) atoms. The molecule has 0 spiro atoms. The largest absolute Gasteiger partial charge is 0.511 e. The summed E-state index contributed by atoms with van der Waals surface area (Å²) in [4.78, 5) is 2.38. The Morgan fingerprint density at radius 2 is 1.27 bits per heavy atom. The highest BCUT2D eigenvalue weighted by Crippen LogP contribution is 2.18. The first-order valence-corrected chi connectivity index (χ1v) is 5.96. The normalized spacial score (nSPS) is 12.3. The summed E-state index contributed by atoms with van der Waals surface area (Å²) >= 11 is 0. The van der Waals surface area contributed by atoms with Crippen LogP contribution in [0, 0.1) is 0 Å². The highest BCUT2D eigenvalue weighted by molar-refractivity contribution is 7.90. The van der Waals surface area contributed by atoms with Crippen molar-refractivity contribution >= 4 is 10.0 Å². The summed E-state index contributed by atoms with van der Waals surface area (Å²) in [5.74, 6) is 0. The van der Waals surface area contributed by atoms with Crippen molar-refractivity contribution in [1.82, 2.24) is 4.90 Å². The molecule has 0 rings (SSSR count). The van der Waals surface area contributed by atoms with E-state index in [0.29, 0.717) is 0 Å². The maximum atomic E-state index is 10.8. The van der Waals surface area contributed by atoms with Crippen LogP contribution in [0.25, 0.3) is 0 Å². The lowest BCUT2D eigenvalue weighted by Crippen LogP contribution is -2.30. The number of hydrogen-bond donors (Lipinski definition) is 1. The third-order valence-electron chi connectivity index (χ3n) is 1.66. The molecule has 0 saturated heterocycles. The molecule has 8 heteroatoms.